The number of halogens is 6. The van der Waals surface area contributed by atoms with Gasteiger partial charge >= 0.3 is 12.4 Å². The summed E-state index contributed by atoms with van der Waals surface area (Å²) in [6.07, 6.45) is -14.8. The Hall–Kier alpha value is -10.4. The molecule has 16 nitrogen and oxygen atoms in total. The monoisotopic (exact) mass is 1280 g/mol. The minimum absolute atomic E-state index is 0.00879. The van der Waals surface area contributed by atoms with E-state index in [2.05, 4.69) is 10.6 Å². The number of nitrogens with zero attached hydrogens (tertiary/aromatic N) is 2. The highest BCUT2D eigenvalue weighted by molar-refractivity contribution is 7.16. The minimum atomic E-state index is -5.14. The second-order valence-electron chi connectivity index (χ2n) is 22.0. The predicted molar refractivity (Wildman–Crippen MR) is 327 cm³/mol. The van der Waals surface area contributed by atoms with Crippen LogP contribution < -0.4 is 29.6 Å². The van der Waals surface area contributed by atoms with E-state index in [4.69, 9.17) is 28.4 Å². The third-order valence-electron chi connectivity index (χ3n) is 16.0. The van der Waals surface area contributed by atoms with E-state index in [9.17, 15) is 9.59 Å². The van der Waals surface area contributed by atoms with Crippen molar-refractivity contribution >= 4 is 111 Å². The molecule has 4 aliphatic heterocycles. The fraction of sp³-hybridized carbons (Fsp3) is 0.147. The Morgan fingerprint density at radius 3 is 0.946 bits per heavy atom. The lowest BCUT2D eigenvalue weighted by Crippen LogP contribution is -2.53. The quantitative estimate of drug-likeness (QED) is 0.0272. The third kappa shape index (κ3) is 10.6. The standard InChI is InChI=1S/C68H42F6N4O12S2/c69-67(70,71)29-41(61(79)75-51-23-21-49(91-51)47-31-85-47)77-63(81)37-25-43(87-33-13-5-1-6-14-33)55-56-44(88-34-15-7-2-8-16-34)26-39-54-40(66(84)78(65(39)83)42(30-68(72,73)74)62(80)76-52-24-22-50(92-52)48-32-86-48)28-46(90-36-19-11-4-12-20-36)58(60(54)56)57-45(89-35-17-9-3-10-18-35)27-38(64(77)82)53(37)59(55)57/h1-28,41-42,47-48H,29-32H2,(H,75,79)(H,76,80). The van der Waals surface area contributed by atoms with E-state index < -0.39 is 95.0 Å². The van der Waals surface area contributed by atoms with Gasteiger partial charge in [0.1, 0.15) is 70.3 Å². The molecular formula is C68H42F6N4O12S2. The summed E-state index contributed by atoms with van der Waals surface area (Å²) in [5, 5.41) is 4.80. The molecule has 24 heteroatoms. The number of thiophene rings is 2. The highest BCUT2D eigenvalue weighted by Gasteiger charge is 2.50. The zero-order chi connectivity index (χ0) is 63.5. The van der Waals surface area contributed by atoms with E-state index in [1.54, 1.807) is 133 Å². The average Bonchev–Trinajstić information content (AvgIpc) is 1.22. The van der Waals surface area contributed by atoms with Crippen LogP contribution >= 0.6 is 22.7 Å². The molecule has 460 valence electrons. The number of para-hydroxylation sites is 4. The molecule has 11 aromatic rings. The van der Waals surface area contributed by atoms with Crippen molar-refractivity contribution < 1.29 is 83.5 Å². The molecule has 2 aromatic heterocycles. The van der Waals surface area contributed by atoms with Gasteiger partial charge in [0.2, 0.25) is 11.8 Å². The third-order valence-corrected chi connectivity index (χ3v) is 18.2. The number of nitrogens with one attached hydrogen (secondary N) is 2. The summed E-state index contributed by atoms with van der Waals surface area (Å²) >= 11 is 2.09. The van der Waals surface area contributed by atoms with Crippen LogP contribution in [0.15, 0.2) is 170 Å². The van der Waals surface area contributed by atoms with Crippen molar-refractivity contribution in [2.75, 3.05) is 23.8 Å². The number of imide groups is 2. The highest BCUT2D eigenvalue weighted by atomic mass is 32.1. The normalized spacial score (nSPS) is 16.8. The van der Waals surface area contributed by atoms with E-state index in [0.717, 1.165) is 22.7 Å². The van der Waals surface area contributed by atoms with Crippen LogP contribution in [0.3, 0.4) is 0 Å². The first kappa shape index (κ1) is 58.0. The Bertz CT molecular complexity index is 4350. The summed E-state index contributed by atoms with van der Waals surface area (Å²) in [6.45, 7) is 0.798. The summed E-state index contributed by atoms with van der Waals surface area (Å²) in [7, 11) is 0. The molecule has 15 rings (SSSR count). The van der Waals surface area contributed by atoms with E-state index in [-0.39, 0.29) is 121 Å². The second-order valence-corrected chi connectivity index (χ2v) is 24.2. The number of fused-ring (bicyclic) bond motifs is 2. The molecule has 4 unspecified atom stereocenters. The van der Waals surface area contributed by atoms with Crippen molar-refractivity contribution in [1.29, 1.82) is 0 Å². The van der Waals surface area contributed by atoms with Gasteiger partial charge in [-0.05, 0) is 97.1 Å². The van der Waals surface area contributed by atoms with Crippen LogP contribution in [0.2, 0.25) is 0 Å². The van der Waals surface area contributed by atoms with Gasteiger partial charge in [0.05, 0.1) is 58.3 Å². The van der Waals surface area contributed by atoms with E-state index >= 15 is 45.5 Å². The van der Waals surface area contributed by atoms with Gasteiger partial charge in [0.15, 0.2) is 0 Å². The number of amides is 6. The van der Waals surface area contributed by atoms with E-state index in [1.165, 1.54) is 36.4 Å². The van der Waals surface area contributed by atoms with E-state index in [1.807, 2.05) is 0 Å². The summed E-state index contributed by atoms with van der Waals surface area (Å²) in [5.41, 5.74) is -1.66. The molecule has 0 spiro atoms. The zero-order valence-electron chi connectivity index (χ0n) is 47.2. The number of anilines is 2. The first-order chi connectivity index (χ1) is 44.3. The number of alkyl halides is 6. The number of ether oxygens (including phenoxy) is 6. The molecule has 2 saturated heterocycles. The van der Waals surface area contributed by atoms with Gasteiger partial charge in [0.25, 0.3) is 23.6 Å². The maximum absolute atomic E-state index is 15.7. The number of hydrogen-bond donors (Lipinski definition) is 2. The molecule has 0 aliphatic carbocycles. The maximum Gasteiger partial charge on any atom is 0.391 e. The van der Waals surface area contributed by atoms with Gasteiger partial charge < -0.3 is 39.1 Å². The number of hydrogen-bond acceptors (Lipinski definition) is 14. The number of epoxide rings is 2. The Balaban J connectivity index is 1.04. The van der Waals surface area contributed by atoms with Gasteiger partial charge in [-0.15, -0.1) is 22.7 Å². The summed E-state index contributed by atoms with van der Waals surface area (Å²) in [6, 6.07) is 38.4. The molecule has 4 atom stereocenters. The zero-order valence-corrected chi connectivity index (χ0v) is 48.8. The smallest absolute Gasteiger partial charge is 0.391 e. The Morgan fingerprint density at radius 2 is 0.696 bits per heavy atom. The Kier molecular flexibility index (Phi) is 14.0. The lowest BCUT2D eigenvalue weighted by molar-refractivity contribution is -0.151. The lowest BCUT2D eigenvalue weighted by Gasteiger charge is -2.36. The first-order valence-electron chi connectivity index (χ1n) is 28.5. The predicted octanol–water partition coefficient (Wildman–Crippen LogP) is 16.3. The van der Waals surface area contributed by atoms with Crippen LogP contribution in [0.4, 0.5) is 36.3 Å². The number of carbonyl (C=O) groups excluding carboxylic acids is 6. The molecule has 2 fully saturated rings. The molecule has 0 radical (unpaired) electrons. The summed E-state index contributed by atoms with van der Waals surface area (Å²) in [5.74, 6) is -8.39. The molecule has 9 aromatic carbocycles. The van der Waals surface area contributed by atoms with Crippen LogP contribution in [0, 0.1) is 0 Å². The second kappa shape index (κ2) is 22.2. The van der Waals surface area contributed by atoms with Gasteiger partial charge in [0, 0.05) is 52.8 Å². The van der Waals surface area contributed by atoms with Crippen LogP contribution in [0.5, 0.6) is 46.0 Å². The van der Waals surface area contributed by atoms with Crippen molar-refractivity contribution in [3.63, 3.8) is 0 Å². The highest BCUT2D eigenvalue weighted by Crippen LogP contribution is 2.58. The summed E-state index contributed by atoms with van der Waals surface area (Å²) < 4.78 is 128. The largest absolute Gasteiger partial charge is 0.457 e. The van der Waals surface area contributed by atoms with Crippen molar-refractivity contribution in [2.45, 2.75) is 49.5 Å². The SMILES string of the molecule is O=C(Nc1ccc(C2CO2)s1)C(CC(F)(F)F)N1C(=O)c2cc(Oc3ccccc3)c3c4c(Oc5ccccc5)cc5c6c(cc(Oc7ccccc7)c(c7c(Oc8ccccc8)cc(c2c37)C1=O)c64)C(=O)N(C(CC(F)(F)F)C(=O)Nc1ccc(C2CO2)s1)C5=O. The Morgan fingerprint density at radius 1 is 0.424 bits per heavy atom. The maximum atomic E-state index is 15.7. The number of benzene rings is 9. The van der Waals surface area contributed by atoms with Gasteiger partial charge in [-0.2, -0.15) is 26.3 Å². The Labute approximate surface area is 523 Å². The van der Waals surface area contributed by atoms with Gasteiger partial charge in [-0.25, -0.2) is 0 Å². The molecule has 0 bridgehead atoms. The molecule has 4 aliphatic rings. The van der Waals surface area contributed by atoms with Gasteiger partial charge in [-0.3, -0.25) is 38.6 Å². The molecular weight excluding hydrogens is 1240 g/mol. The van der Waals surface area contributed by atoms with Crippen molar-refractivity contribution in [3.05, 3.63) is 202 Å². The topological polar surface area (TPSA) is 195 Å². The molecule has 6 amide bonds. The minimum Gasteiger partial charge on any atom is -0.457 e. The van der Waals surface area contributed by atoms with Gasteiger partial charge in [-0.1, -0.05) is 72.8 Å². The van der Waals surface area contributed by atoms with Crippen LogP contribution in [-0.2, 0) is 19.1 Å². The molecule has 0 saturated carbocycles. The van der Waals surface area contributed by atoms with Crippen LogP contribution in [0.1, 0.15) is 76.2 Å². The number of rotatable bonds is 18. The van der Waals surface area contributed by atoms with Crippen molar-refractivity contribution in [3.8, 4) is 46.0 Å². The fourth-order valence-electron chi connectivity index (χ4n) is 12.0. The van der Waals surface area contributed by atoms with Crippen molar-refractivity contribution in [2.24, 2.45) is 0 Å². The van der Waals surface area contributed by atoms with Crippen LogP contribution in [0.25, 0.3) is 43.1 Å². The van der Waals surface area contributed by atoms with E-state index in [0.29, 0.717) is 23.0 Å². The fourth-order valence-corrected chi connectivity index (χ4v) is 13.8. The average molecular weight is 1290 g/mol. The first-order valence-corrected chi connectivity index (χ1v) is 30.2. The lowest BCUT2D eigenvalue weighted by atomic mass is 9.80. The van der Waals surface area contributed by atoms with Crippen LogP contribution in [-0.4, -0.2) is 82.9 Å². The molecule has 2 N–H and O–H groups in total. The van der Waals surface area contributed by atoms with Crippen molar-refractivity contribution in [1.82, 2.24) is 9.80 Å². The molecule has 6 heterocycles. The number of carbonyl (C=O) groups is 6. The molecule has 92 heavy (non-hydrogen) atoms. The summed E-state index contributed by atoms with van der Waals surface area (Å²) in [4.78, 5) is 93.9.